The zero-order valence-electron chi connectivity index (χ0n) is 26.0. The summed E-state index contributed by atoms with van der Waals surface area (Å²) in [7, 11) is 10.7. The summed E-state index contributed by atoms with van der Waals surface area (Å²) in [6.45, 7) is 6.14. The molecule has 0 saturated carbocycles. The summed E-state index contributed by atoms with van der Waals surface area (Å²) < 4.78 is 1.57. The normalized spacial score (nSPS) is 12.1. The fourth-order valence-corrected chi connectivity index (χ4v) is 4.79. The third kappa shape index (κ3) is 27.7. The van der Waals surface area contributed by atoms with Crippen molar-refractivity contribution in [3.63, 3.8) is 0 Å². The molecule has 220 valence electrons. The molecule has 0 aromatic carbocycles. The number of nitrogens with one attached hydrogen (secondary N) is 2. The van der Waals surface area contributed by atoms with E-state index in [4.69, 9.17) is 0 Å². The highest BCUT2D eigenvalue weighted by Gasteiger charge is 2.19. The lowest BCUT2D eigenvalue weighted by atomic mass is 10.0. The molecule has 6 heteroatoms. The Hall–Kier alpha value is -1.14. The van der Waals surface area contributed by atoms with E-state index in [-0.39, 0.29) is 11.8 Å². The van der Waals surface area contributed by atoms with Gasteiger partial charge in [0.05, 0.1) is 48.3 Å². The minimum Gasteiger partial charge on any atom is -0.356 e. The maximum absolute atomic E-state index is 12.2. The SMILES string of the molecule is CCCCCCCCCCCCCCCCCC(=O)NCCC[N+](C)(C)CC(=O)NCCC[N+](C)(C)C. The van der Waals surface area contributed by atoms with Gasteiger partial charge in [0.1, 0.15) is 0 Å². The second-order valence-electron chi connectivity index (χ2n) is 12.9. The quantitative estimate of drug-likeness (QED) is 0.107. The monoisotopic (exact) mass is 527 g/mol. The molecule has 0 aliphatic carbocycles. The van der Waals surface area contributed by atoms with Crippen LogP contribution in [0.4, 0.5) is 0 Å². The third-order valence-corrected chi connectivity index (χ3v) is 7.17. The van der Waals surface area contributed by atoms with Crippen LogP contribution in [-0.4, -0.2) is 88.7 Å². The van der Waals surface area contributed by atoms with Gasteiger partial charge in [-0.2, -0.15) is 0 Å². The molecule has 37 heavy (non-hydrogen) atoms. The molecule has 0 saturated heterocycles. The lowest BCUT2D eigenvalue weighted by Gasteiger charge is -2.29. The van der Waals surface area contributed by atoms with Gasteiger partial charge in [0.25, 0.3) is 5.91 Å². The zero-order chi connectivity index (χ0) is 27.8. The van der Waals surface area contributed by atoms with Crippen LogP contribution in [0.5, 0.6) is 0 Å². The molecule has 2 N–H and O–H groups in total. The molecule has 0 fully saturated rings. The molecule has 0 rings (SSSR count). The molecule has 0 aromatic heterocycles. The van der Waals surface area contributed by atoms with Crippen molar-refractivity contribution < 1.29 is 18.6 Å². The summed E-state index contributed by atoms with van der Waals surface area (Å²) in [6, 6.07) is 0. The molecule has 0 aliphatic rings. The van der Waals surface area contributed by atoms with Gasteiger partial charge in [-0.05, 0) is 6.42 Å². The predicted molar refractivity (Wildman–Crippen MR) is 160 cm³/mol. The lowest BCUT2D eigenvalue weighted by Crippen LogP contribution is -2.49. The minimum absolute atomic E-state index is 0.114. The van der Waals surface area contributed by atoms with Crippen molar-refractivity contribution in [1.29, 1.82) is 0 Å². The van der Waals surface area contributed by atoms with Crippen LogP contribution in [0, 0.1) is 0 Å². The molecule has 0 unspecified atom stereocenters. The zero-order valence-corrected chi connectivity index (χ0v) is 26.0. The summed E-state index contributed by atoms with van der Waals surface area (Å²) in [5.41, 5.74) is 0. The number of quaternary nitrogens is 2. The number of hydrogen-bond donors (Lipinski definition) is 2. The van der Waals surface area contributed by atoms with Crippen LogP contribution in [0.1, 0.15) is 122 Å². The Morgan fingerprint density at radius 3 is 1.38 bits per heavy atom. The minimum atomic E-state index is 0.114. The van der Waals surface area contributed by atoms with Crippen molar-refractivity contribution in [3.05, 3.63) is 0 Å². The van der Waals surface area contributed by atoms with E-state index >= 15 is 0 Å². The van der Waals surface area contributed by atoms with Crippen LogP contribution >= 0.6 is 0 Å². The number of likely N-dealkylation sites (N-methyl/N-ethyl adjacent to an activating group) is 1. The Morgan fingerprint density at radius 2 is 0.919 bits per heavy atom. The van der Waals surface area contributed by atoms with Gasteiger partial charge in [0.15, 0.2) is 6.54 Å². The van der Waals surface area contributed by atoms with E-state index in [2.05, 4.69) is 52.8 Å². The van der Waals surface area contributed by atoms with Gasteiger partial charge < -0.3 is 19.6 Å². The molecule has 0 atom stereocenters. The van der Waals surface area contributed by atoms with Gasteiger partial charge in [-0.1, -0.05) is 96.8 Å². The number of carbonyl (C=O) groups excluding carboxylic acids is 2. The fourth-order valence-electron chi connectivity index (χ4n) is 4.79. The van der Waals surface area contributed by atoms with E-state index in [1.807, 2.05) is 0 Å². The molecular formula is C31H66N4O2+2. The third-order valence-electron chi connectivity index (χ3n) is 7.17. The number of rotatable bonds is 26. The van der Waals surface area contributed by atoms with Crippen molar-refractivity contribution >= 4 is 11.8 Å². The number of hydrogen-bond acceptors (Lipinski definition) is 2. The summed E-state index contributed by atoms with van der Waals surface area (Å²) in [5, 5.41) is 6.11. The first-order valence-electron chi connectivity index (χ1n) is 15.7. The molecule has 0 spiro atoms. The Kier molecular flexibility index (Phi) is 22.1. The highest BCUT2D eigenvalue weighted by atomic mass is 16.2. The first-order valence-corrected chi connectivity index (χ1v) is 15.7. The molecule has 0 heterocycles. The van der Waals surface area contributed by atoms with Crippen LogP contribution in [0.3, 0.4) is 0 Å². The Bertz CT molecular complexity index is 558. The molecular weight excluding hydrogens is 460 g/mol. The van der Waals surface area contributed by atoms with E-state index in [9.17, 15) is 9.59 Å². The van der Waals surface area contributed by atoms with Gasteiger partial charge in [-0.25, -0.2) is 0 Å². The average Bonchev–Trinajstić information content (AvgIpc) is 2.81. The van der Waals surface area contributed by atoms with Crippen molar-refractivity contribution in [2.45, 2.75) is 122 Å². The highest BCUT2D eigenvalue weighted by molar-refractivity contribution is 5.77. The Balaban J connectivity index is 3.53. The summed E-state index contributed by atoms with van der Waals surface area (Å²) in [5.74, 6) is 0.290. The van der Waals surface area contributed by atoms with Crippen LogP contribution in [0.2, 0.25) is 0 Å². The number of carbonyl (C=O) groups is 2. The summed E-state index contributed by atoms with van der Waals surface area (Å²) in [6.07, 6.45) is 22.7. The molecule has 0 radical (unpaired) electrons. The second kappa shape index (κ2) is 22.8. The first-order chi connectivity index (χ1) is 17.6. The van der Waals surface area contributed by atoms with E-state index < -0.39 is 0 Å². The van der Waals surface area contributed by atoms with Gasteiger partial charge in [0.2, 0.25) is 5.91 Å². The van der Waals surface area contributed by atoms with Gasteiger partial charge in [-0.15, -0.1) is 0 Å². The molecule has 0 aromatic rings. The van der Waals surface area contributed by atoms with Crippen molar-refractivity contribution in [3.8, 4) is 0 Å². The molecule has 2 amide bonds. The summed E-state index contributed by atoms with van der Waals surface area (Å²) >= 11 is 0. The second-order valence-corrected chi connectivity index (χ2v) is 12.9. The standard InChI is InChI=1S/C31H64N4O2/c1-7-8-9-10-11-12-13-14-15-16-17-18-19-20-21-24-30(36)32-26-23-28-35(5,6)29-31(37)33-25-22-27-34(2,3)4/h7-29H2,1-6H3/p+2. The first kappa shape index (κ1) is 35.9. The number of nitrogens with zero attached hydrogens (tertiary/aromatic N) is 2. The smallest absolute Gasteiger partial charge is 0.275 e. The van der Waals surface area contributed by atoms with Crippen molar-refractivity contribution in [1.82, 2.24) is 10.6 Å². The van der Waals surface area contributed by atoms with Crippen LogP contribution in [0.25, 0.3) is 0 Å². The van der Waals surface area contributed by atoms with Crippen molar-refractivity contribution in [2.75, 3.05) is 68.0 Å². The topological polar surface area (TPSA) is 58.2 Å². The largest absolute Gasteiger partial charge is 0.356 e. The number of amides is 2. The van der Waals surface area contributed by atoms with E-state index in [1.165, 1.54) is 89.9 Å². The Morgan fingerprint density at radius 1 is 0.514 bits per heavy atom. The Labute approximate surface area is 231 Å². The van der Waals surface area contributed by atoms with Crippen molar-refractivity contribution in [2.24, 2.45) is 0 Å². The lowest BCUT2D eigenvalue weighted by molar-refractivity contribution is -0.882. The maximum Gasteiger partial charge on any atom is 0.275 e. The van der Waals surface area contributed by atoms with E-state index in [1.54, 1.807) is 0 Å². The van der Waals surface area contributed by atoms with Crippen LogP contribution in [0.15, 0.2) is 0 Å². The van der Waals surface area contributed by atoms with Gasteiger partial charge >= 0.3 is 0 Å². The van der Waals surface area contributed by atoms with E-state index in [0.29, 0.717) is 24.0 Å². The van der Waals surface area contributed by atoms with Gasteiger partial charge in [-0.3, -0.25) is 9.59 Å². The van der Waals surface area contributed by atoms with E-state index in [0.717, 1.165) is 43.4 Å². The highest BCUT2D eigenvalue weighted by Crippen LogP contribution is 2.13. The molecule has 0 aliphatic heterocycles. The predicted octanol–water partition coefficient (Wildman–Crippen LogP) is 6.04. The molecule has 6 nitrogen and oxygen atoms in total. The molecule has 0 bridgehead atoms. The summed E-state index contributed by atoms with van der Waals surface area (Å²) in [4.78, 5) is 24.4. The van der Waals surface area contributed by atoms with Crippen LogP contribution < -0.4 is 10.6 Å². The number of unbranched alkanes of at least 4 members (excludes halogenated alkanes) is 14. The van der Waals surface area contributed by atoms with Gasteiger partial charge in [0, 0.05) is 32.4 Å². The fraction of sp³-hybridized carbons (Fsp3) is 0.935. The average molecular weight is 527 g/mol. The van der Waals surface area contributed by atoms with Crippen LogP contribution in [-0.2, 0) is 9.59 Å². The maximum atomic E-state index is 12.2.